The van der Waals surface area contributed by atoms with Gasteiger partial charge in [-0.25, -0.2) is 4.79 Å². The lowest BCUT2D eigenvalue weighted by Crippen LogP contribution is -1.94. The summed E-state index contributed by atoms with van der Waals surface area (Å²) in [4.78, 5) is 10.8. The van der Waals surface area contributed by atoms with Crippen LogP contribution in [0.3, 0.4) is 0 Å². The van der Waals surface area contributed by atoms with Crippen LogP contribution in [0, 0.1) is 0 Å². The third kappa shape index (κ3) is 2.41. The number of aromatic carboxylic acids is 1. The first-order chi connectivity index (χ1) is 9.08. The molecule has 6 nitrogen and oxygen atoms in total. The number of ether oxygens (including phenoxy) is 2. The van der Waals surface area contributed by atoms with E-state index in [1.165, 1.54) is 20.3 Å². The molecule has 1 aromatic carbocycles. The van der Waals surface area contributed by atoms with E-state index < -0.39 is 5.97 Å². The Hall–Kier alpha value is -2.02. The molecular formula is C12H10BrNO5. The van der Waals surface area contributed by atoms with Crippen molar-refractivity contribution in [1.82, 2.24) is 5.16 Å². The predicted molar refractivity (Wildman–Crippen MR) is 69.7 cm³/mol. The van der Waals surface area contributed by atoms with E-state index in [-0.39, 0.29) is 5.69 Å². The molecule has 0 saturated heterocycles. The van der Waals surface area contributed by atoms with Crippen LogP contribution < -0.4 is 9.47 Å². The Kier molecular flexibility index (Phi) is 3.75. The van der Waals surface area contributed by atoms with Crippen molar-refractivity contribution in [3.63, 3.8) is 0 Å². The van der Waals surface area contributed by atoms with E-state index in [0.29, 0.717) is 27.3 Å². The predicted octanol–water partition coefficient (Wildman–Crippen LogP) is 2.82. The second kappa shape index (κ2) is 5.31. The number of methoxy groups -OCH3 is 2. The van der Waals surface area contributed by atoms with Crippen LogP contribution in [0.2, 0.25) is 0 Å². The fourth-order valence-corrected chi connectivity index (χ4v) is 2.26. The van der Waals surface area contributed by atoms with Crippen LogP contribution in [0.4, 0.5) is 0 Å². The molecule has 7 heteroatoms. The van der Waals surface area contributed by atoms with Crippen LogP contribution in [-0.2, 0) is 0 Å². The maximum Gasteiger partial charge on any atom is 0.358 e. The molecule has 0 aliphatic rings. The lowest BCUT2D eigenvalue weighted by atomic mass is 10.1. The highest BCUT2D eigenvalue weighted by Gasteiger charge is 2.19. The highest BCUT2D eigenvalue weighted by Crippen LogP contribution is 2.42. The molecule has 0 amide bonds. The minimum atomic E-state index is -1.15. The van der Waals surface area contributed by atoms with Gasteiger partial charge in [-0.2, -0.15) is 0 Å². The van der Waals surface area contributed by atoms with Gasteiger partial charge in [-0.15, -0.1) is 0 Å². The van der Waals surface area contributed by atoms with Gasteiger partial charge in [0.25, 0.3) is 0 Å². The third-order valence-electron chi connectivity index (χ3n) is 2.48. The molecule has 0 aliphatic heterocycles. The molecule has 2 aromatic rings. The average molecular weight is 328 g/mol. The first kappa shape index (κ1) is 13.4. The summed E-state index contributed by atoms with van der Waals surface area (Å²) >= 11 is 3.36. The van der Waals surface area contributed by atoms with Crippen LogP contribution in [0.25, 0.3) is 11.3 Å². The number of aromatic nitrogens is 1. The van der Waals surface area contributed by atoms with E-state index >= 15 is 0 Å². The summed E-state index contributed by atoms with van der Waals surface area (Å²) < 4.78 is 16.1. The van der Waals surface area contributed by atoms with Crippen LogP contribution in [0.1, 0.15) is 10.5 Å². The summed E-state index contributed by atoms with van der Waals surface area (Å²) in [5, 5.41) is 12.3. The van der Waals surface area contributed by atoms with Gasteiger partial charge in [0, 0.05) is 6.07 Å². The second-order valence-corrected chi connectivity index (χ2v) is 4.34. The minimum Gasteiger partial charge on any atom is -0.495 e. The lowest BCUT2D eigenvalue weighted by Gasteiger charge is -2.11. The Bertz CT molecular complexity index is 623. The van der Waals surface area contributed by atoms with E-state index in [9.17, 15) is 4.79 Å². The number of hydrogen-bond acceptors (Lipinski definition) is 5. The summed E-state index contributed by atoms with van der Waals surface area (Å²) in [6.45, 7) is 0. The standard InChI is InChI=1S/C12H10BrNO5/c1-17-8-4-3-6(11(18-2)10(8)13)9-5-7(12(15)16)14-19-9/h3-5H,1-2H3,(H,15,16). The van der Waals surface area contributed by atoms with Gasteiger partial charge < -0.3 is 19.1 Å². The average Bonchev–Trinajstić information content (AvgIpc) is 2.87. The summed E-state index contributed by atoms with van der Waals surface area (Å²) in [7, 11) is 3.04. The Morgan fingerprint density at radius 1 is 1.37 bits per heavy atom. The van der Waals surface area contributed by atoms with Crippen molar-refractivity contribution in [2.45, 2.75) is 0 Å². The third-order valence-corrected chi connectivity index (χ3v) is 3.23. The quantitative estimate of drug-likeness (QED) is 0.929. The number of carbonyl (C=O) groups is 1. The normalized spacial score (nSPS) is 10.3. The molecule has 1 N–H and O–H groups in total. The summed E-state index contributed by atoms with van der Waals surface area (Å²) in [5.74, 6) is 0.227. The van der Waals surface area contributed by atoms with E-state index in [2.05, 4.69) is 21.1 Å². The molecule has 0 unspecified atom stereocenters. The number of nitrogens with zero attached hydrogens (tertiary/aromatic N) is 1. The van der Waals surface area contributed by atoms with Gasteiger partial charge in [-0.05, 0) is 28.1 Å². The smallest absolute Gasteiger partial charge is 0.358 e. The van der Waals surface area contributed by atoms with E-state index in [0.717, 1.165) is 0 Å². The Balaban J connectivity index is 2.55. The van der Waals surface area contributed by atoms with Gasteiger partial charge in [-0.3, -0.25) is 0 Å². The SMILES string of the molecule is COc1ccc(-c2cc(C(=O)O)no2)c(OC)c1Br. The molecule has 1 heterocycles. The van der Waals surface area contributed by atoms with Gasteiger partial charge in [0.2, 0.25) is 0 Å². The number of carboxylic acids is 1. The summed E-state index contributed by atoms with van der Waals surface area (Å²) in [6, 6.07) is 4.75. The molecule has 0 spiro atoms. The fourth-order valence-electron chi connectivity index (χ4n) is 1.59. The van der Waals surface area contributed by atoms with E-state index in [1.807, 2.05) is 0 Å². The Morgan fingerprint density at radius 2 is 2.11 bits per heavy atom. The van der Waals surface area contributed by atoms with Gasteiger partial charge in [0.15, 0.2) is 11.5 Å². The maximum absolute atomic E-state index is 10.8. The largest absolute Gasteiger partial charge is 0.495 e. The highest BCUT2D eigenvalue weighted by atomic mass is 79.9. The van der Waals surface area contributed by atoms with Crippen LogP contribution in [0.15, 0.2) is 27.2 Å². The van der Waals surface area contributed by atoms with Crippen molar-refractivity contribution < 1.29 is 23.9 Å². The molecule has 0 atom stereocenters. The number of benzene rings is 1. The van der Waals surface area contributed by atoms with Crippen molar-refractivity contribution in [3.05, 3.63) is 28.4 Å². The number of carboxylic acid groups (broad SMARTS) is 1. The zero-order valence-corrected chi connectivity index (χ0v) is 11.7. The molecule has 0 aliphatic carbocycles. The molecule has 0 radical (unpaired) electrons. The van der Waals surface area contributed by atoms with Crippen molar-refractivity contribution in [1.29, 1.82) is 0 Å². The number of halogens is 1. The van der Waals surface area contributed by atoms with Crippen LogP contribution in [-0.4, -0.2) is 30.5 Å². The number of rotatable bonds is 4. The molecule has 0 bridgehead atoms. The molecule has 2 rings (SSSR count). The van der Waals surface area contributed by atoms with E-state index in [1.54, 1.807) is 12.1 Å². The van der Waals surface area contributed by atoms with Crippen molar-refractivity contribution in [3.8, 4) is 22.8 Å². The molecule has 19 heavy (non-hydrogen) atoms. The zero-order valence-electron chi connectivity index (χ0n) is 10.1. The monoisotopic (exact) mass is 327 g/mol. The second-order valence-electron chi connectivity index (χ2n) is 3.54. The molecule has 1 aromatic heterocycles. The zero-order chi connectivity index (χ0) is 14.0. The van der Waals surface area contributed by atoms with Gasteiger partial charge in [0.05, 0.1) is 19.8 Å². The van der Waals surface area contributed by atoms with Gasteiger partial charge in [0.1, 0.15) is 16.0 Å². The topological polar surface area (TPSA) is 81.8 Å². The fraction of sp³-hybridized carbons (Fsp3) is 0.167. The van der Waals surface area contributed by atoms with Gasteiger partial charge in [-0.1, -0.05) is 5.16 Å². The number of hydrogen-bond donors (Lipinski definition) is 1. The molecule has 0 fully saturated rings. The first-order valence-electron chi connectivity index (χ1n) is 5.19. The minimum absolute atomic E-state index is 0.163. The summed E-state index contributed by atoms with van der Waals surface area (Å²) in [6.07, 6.45) is 0. The van der Waals surface area contributed by atoms with Crippen molar-refractivity contribution >= 4 is 21.9 Å². The summed E-state index contributed by atoms with van der Waals surface area (Å²) in [5.41, 5.74) is 0.416. The maximum atomic E-state index is 10.8. The van der Waals surface area contributed by atoms with E-state index in [4.69, 9.17) is 19.1 Å². The Labute approximate surface area is 117 Å². The first-order valence-corrected chi connectivity index (χ1v) is 5.98. The van der Waals surface area contributed by atoms with Crippen molar-refractivity contribution in [2.24, 2.45) is 0 Å². The van der Waals surface area contributed by atoms with Gasteiger partial charge >= 0.3 is 5.97 Å². The Morgan fingerprint density at radius 3 is 2.63 bits per heavy atom. The lowest BCUT2D eigenvalue weighted by molar-refractivity contribution is 0.0686. The van der Waals surface area contributed by atoms with Crippen LogP contribution in [0.5, 0.6) is 11.5 Å². The molecular weight excluding hydrogens is 318 g/mol. The molecule has 0 saturated carbocycles. The molecule has 100 valence electrons. The van der Waals surface area contributed by atoms with Crippen LogP contribution >= 0.6 is 15.9 Å². The highest BCUT2D eigenvalue weighted by molar-refractivity contribution is 9.10. The van der Waals surface area contributed by atoms with Crippen molar-refractivity contribution in [2.75, 3.05) is 14.2 Å².